The Kier molecular flexibility index (Phi) is 4.77. The average molecular weight is 296 g/mol. The van der Waals surface area contributed by atoms with Crippen LogP contribution < -0.4 is 10.0 Å². The number of amides is 1. The van der Waals surface area contributed by atoms with Crippen molar-refractivity contribution in [2.75, 3.05) is 11.9 Å². The molecule has 0 saturated carbocycles. The molecule has 0 saturated heterocycles. The molecule has 0 aliphatic carbocycles. The summed E-state index contributed by atoms with van der Waals surface area (Å²) in [6, 6.07) is 4.84. The van der Waals surface area contributed by atoms with Crippen LogP contribution in [0.1, 0.15) is 38.2 Å². The quantitative estimate of drug-likeness (QED) is 0.789. The molecule has 0 bridgehead atoms. The SMILES string of the molecule is CCCCCNS(=O)(=O)c1ccc2c(c1)CCC(=O)N2. The zero-order chi connectivity index (χ0) is 14.6. The number of carbonyl (C=O) groups excluding carboxylic acids is 1. The maximum atomic E-state index is 12.1. The zero-order valence-electron chi connectivity index (χ0n) is 11.6. The molecule has 2 N–H and O–H groups in total. The van der Waals surface area contributed by atoms with Crippen molar-refractivity contribution in [1.29, 1.82) is 0 Å². The van der Waals surface area contributed by atoms with Crippen LogP contribution in [-0.2, 0) is 21.2 Å². The fourth-order valence-electron chi connectivity index (χ4n) is 2.19. The Labute approximate surface area is 119 Å². The number of unbranched alkanes of at least 4 members (excludes halogenated alkanes) is 2. The van der Waals surface area contributed by atoms with Gasteiger partial charge in [0.05, 0.1) is 4.90 Å². The lowest BCUT2D eigenvalue weighted by Crippen LogP contribution is -2.25. The minimum atomic E-state index is -3.45. The summed E-state index contributed by atoms with van der Waals surface area (Å²) in [6.45, 7) is 2.54. The molecule has 1 heterocycles. The summed E-state index contributed by atoms with van der Waals surface area (Å²) in [5, 5.41) is 2.74. The van der Waals surface area contributed by atoms with E-state index in [-0.39, 0.29) is 10.8 Å². The number of fused-ring (bicyclic) bond motifs is 1. The molecule has 110 valence electrons. The summed E-state index contributed by atoms with van der Waals surface area (Å²) in [6.07, 6.45) is 3.90. The molecule has 0 radical (unpaired) electrons. The van der Waals surface area contributed by atoms with Gasteiger partial charge in [0.2, 0.25) is 15.9 Å². The molecule has 1 aliphatic rings. The number of aryl methyl sites for hydroxylation is 1. The molecule has 1 aromatic carbocycles. The summed E-state index contributed by atoms with van der Waals surface area (Å²) < 4.78 is 26.9. The Morgan fingerprint density at radius 1 is 1.25 bits per heavy atom. The minimum absolute atomic E-state index is 0.0224. The van der Waals surface area contributed by atoms with Crippen molar-refractivity contribution in [3.63, 3.8) is 0 Å². The van der Waals surface area contributed by atoms with E-state index in [0.29, 0.717) is 25.1 Å². The third-order valence-electron chi connectivity index (χ3n) is 3.35. The van der Waals surface area contributed by atoms with Crippen LogP contribution in [0.4, 0.5) is 5.69 Å². The number of hydrogen-bond acceptors (Lipinski definition) is 3. The summed E-state index contributed by atoms with van der Waals surface area (Å²) in [4.78, 5) is 11.5. The number of carbonyl (C=O) groups is 1. The second kappa shape index (κ2) is 6.37. The van der Waals surface area contributed by atoms with E-state index < -0.39 is 10.0 Å². The molecule has 5 nitrogen and oxygen atoms in total. The van der Waals surface area contributed by atoms with Gasteiger partial charge in [-0.15, -0.1) is 0 Å². The van der Waals surface area contributed by atoms with Gasteiger partial charge in [-0.25, -0.2) is 13.1 Å². The third kappa shape index (κ3) is 3.58. The molecule has 2 rings (SSSR count). The third-order valence-corrected chi connectivity index (χ3v) is 4.81. The maximum Gasteiger partial charge on any atom is 0.240 e. The summed E-state index contributed by atoms with van der Waals surface area (Å²) in [7, 11) is -3.45. The first-order valence-electron chi connectivity index (χ1n) is 6.95. The molecule has 20 heavy (non-hydrogen) atoms. The summed E-state index contributed by atoms with van der Waals surface area (Å²) >= 11 is 0. The van der Waals surface area contributed by atoms with Crippen molar-refractivity contribution < 1.29 is 13.2 Å². The zero-order valence-corrected chi connectivity index (χ0v) is 12.4. The van der Waals surface area contributed by atoms with Crippen LogP contribution in [0.5, 0.6) is 0 Å². The molecule has 1 amide bonds. The van der Waals surface area contributed by atoms with E-state index in [4.69, 9.17) is 0 Å². The molecule has 0 aromatic heterocycles. The van der Waals surface area contributed by atoms with Gasteiger partial charge in [0, 0.05) is 18.7 Å². The predicted molar refractivity (Wildman–Crippen MR) is 78.1 cm³/mol. The first-order chi connectivity index (χ1) is 9.53. The van der Waals surface area contributed by atoms with Crippen LogP contribution >= 0.6 is 0 Å². The van der Waals surface area contributed by atoms with Crippen molar-refractivity contribution in [1.82, 2.24) is 4.72 Å². The summed E-state index contributed by atoms with van der Waals surface area (Å²) in [5.41, 5.74) is 1.59. The molecular formula is C14H20N2O3S. The first kappa shape index (κ1) is 15.0. The lowest BCUT2D eigenvalue weighted by molar-refractivity contribution is -0.116. The van der Waals surface area contributed by atoms with Crippen molar-refractivity contribution in [2.24, 2.45) is 0 Å². The maximum absolute atomic E-state index is 12.1. The van der Waals surface area contributed by atoms with Gasteiger partial charge in [0.1, 0.15) is 0 Å². The standard InChI is InChI=1S/C14H20N2O3S/c1-2-3-4-9-15-20(18,19)12-6-7-13-11(10-12)5-8-14(17)16-13/h6-7,10,15H,2-5,8-9H2,1H3,(H,16,17). The Bertz CT molecular complexity index is 596. The second-order valence-corrected chi connectivity index (χ2v) is 6.74. The van der Waals surface area contributed by atoms with Crippen LogP contribution in [0.3, 0.4) is 0 Å². The van der Waals surface area contributed by atoms with E-state index in [1.165, 1.54) is 6.07 Å². The Hall–Kier alpha value is -1.40. The fourth-order valence-corrected chi connectivity index (χ4v) is 3.32. The van der Waals surface area contributed by atoms with Gasteiger partial charge in [-0.1, -0.05) is 19.8 Å². The normalized spacial score (nSPS) is 14.8. The van der Waals surface area contributed by atoms with E-state index >= 15 is 0 Å². The topological polar surface area (TPSA) is 75.3 Å². The van der Waals surface area contributed by atoms with Gasteiger partial charge in [-0.3, -0.25) is 4.79 Å². The average Bonchev–Trinajstić information content (AvgIpc) is 2.43. The van der Waals surface area contributed by atoms with Crippen LogP contribution in [0.15, 0.2) is 23.1 Å². The minimum Gasteiger partial charge on any atom is -0.326 e. The van der Waals surface area contributed by atoms with E-state index in [2.05, 4.69) is 17.0 Å². The van der Waals surface area contributed by atoms with Gasteiger partial charge in [0.15, 0.2) is 0 Å². The van der Waals surface area contributed by atoms with Gasteiger partial charge in [0.25, 0.3) is 0 Å². The van der Waals surface area contributed by atoms with E-state index in [1.54, 1.807) is 12.1 Å². The monoisotopic (exact) mass is 296 g/mol. The van der Waals surface area contributed by atoms with Crippen molar-refractivity contribution in [2.45, 2.75) is 43.9 Å². The first-order valence-corrected chi connectivity index (χ1v) is 8.43. The summed E-state index contributed by atoms with van der Waals surface area (Å²) in [5.74, 6) is -0.0224. The van der Waals surface area contributed by atoms with Gasteiger partial charge in [-0.2, -0.15) is 0 Å². The highest BCUT2D eigenvalue weighted by atomic mass is 32.2. The van der Waals surface area contributed by atoms with Gasteiger partial charge < -0.3 is 5.32 Å². The molecule has 0 unspecified atom stereocenters. The lowest BCUT2D eigenvalue weighted by atomic mass is 10.0. The molecule has 1 aliphatic heterocycles. The number of rotatable bonds is 6. The molecule has 6 heteroatoms. The van der Waals surface area contributed by atoms with E-state index in [1.807, 2.05) is 0 Å². The van der Waals surface area contributed by atoms with Crippen molar-refractivity contribution in [3.05, 3.63) is 23.8 Å². The largest absolute Gasteiger partial charge is 0.326 e. The number of sulfonamides is 1. The second-order valence-electron chi connectivity index (χ2n) is 4.97. The predicted octanol–water partition coefficient (Wildman–Crippen LogP) is 2.04. The van der Waals surface area contributed by atoms with Crippen molar-refractivity contribution >= 4 is 21.6 Å². The van der Waals surface area contributed by atoms with E-state index in [9.17, 15) is 13.2 Å². The molecule has 1 aromatic rings. The highest BCUT2D eigenvalue weighted by molar-refractivity contribution is 7.89. The molecule has 0 fully saturated rings. The van der Waals surface area contributed by atoms with Crippen LogP contribution in [0, 0.1) is 0 Å². The smallest absolute Gasteiger partial charge is 0.240 e. The number of anilines is 1. The molecule has 0 atom stereocenters. The Balaban J connectivity index is 2.10. The van der Waals surface area contributed by atoms with Crippen molar-refractivity contribution in [3.8, 4) is 0 Å². The van der Waals surface area contributed by atoms with Crippen LogP contribution in [-0.4, -0.2) is 20.9 Å². The number of nitrogens with one attached hydrogen (secondary N) is 2. The molecule has 0 spiro atoms. The van der Waals surface area contributed by atoms with Gasteiger partial charge >= 0.3 is 0 Å². The number of benzene rings is 1. The Morgan fingerprint density at radius 2 is 2.05 bits per heavy atom. The van der Waals surface area contributed by atoms with Crippen LogP contribution in [0.2, 0.25) is 0 Å². The van der Waals surface area contributed by atoms with E-state index in [0.717, 1.165) is 24.8 Å². The molecular weight excluding hydrogens is 276 g/mol. The highest BCUT2D eigenvalue weighted by Gasteiger charge is 2.19. The Morgan fingerprint density at radius 3 is 2.80 bits per heavy atom. The lowest BCUT2D eigenvalue weighted by Gasteiger charge is -2.17. The number of hydrogen-bond donors (Lipinski definition) is 2. The van der Waals surface area contributed by atoms with Crippen LogP contribution in [0.25, 0.3) is 0 Å². The van der Waals surface area contributed by atoms with Gasteiger partial charge in [-0.05, 0) is 36.6 Å². The fraction of sp³-hybridized carbons (Fsp3) is 0.500. The highest BCUT2D eigenvalue weighted by Crippen LogP contribution is 2.25.